The van der Waals surface area contributed by atoms with Crippen molar-refractivity contribution in [3.05, 3.63) is 16.1 Å². The molecule has 0 amide bonds. The van der Waals surface area contributed by atoms with Crippen LogP contribution in [0.3, 0.4) is 0 Å². The second-order valence-corrected chi connectivity index (χ2v) is 7.65. The van der Waals surface area contributed by atoms with Gasteiger partial charge in [-0.25, -0.2) is 4.98 Å². The van der Waals surface area contributed by atoms with Gasteiger partial charge in [0.2, 0.25) is 0 Å². The van der Waals surface area contributed by atoms with Gasteiger partial charge in [0.25, 0.3) is 0 Å². The lowest BCUT2D eigenvalue weighted by Gasteiger charge is -2.45. The monoisotopic (exact) mass is 294 g/mol. The van der Waals surface area contributed by atoms with Gasteiger partial charge in [-0.1, -0.05) is 47.5 Å². The van der Waals surface area contributed by atoms with E-state index in [1.54, 1.807) is 0 Å². The average Bonchev–Trinajstić information content (AvgIpc) is 2.91. The molecular weight excluding hydrogens is 264 g/mol. The summed E-state index contributed by atoms with van der Waals surface area (Å²) in [6.07, 6.45) is 5.10. The summed E-state index contributed by atoms with van der Waals surface area (Å²) in [5, 5.41) is 7.47. The van der Waals surface area contributed by atoms with Crippen LogP contribution in [-0.2, 0) is 5.54 Å². The van der Waals surface area contributed by atoms with Crippen LogP contribution in [-0.4, -0.2) is 11.5 Å². The Kier molecular flexibility index (Phi) is 5.25. The Balaban J connectivity index is 2.34. The van der Waals surface area contributed by atoms with Crippen molar-refractivity contribution in [2.24, 2.45) is 11.8 Å². The first-order chi connectivity index (χ1) is 9.51. The highest BCUT2D eigenvalue weighted by Gasteiger charge is 2.44. The summed E-state index contributed by atoms with van der Waals surface area (Å²) in [5.74, 6) is 1.97. The standard InChI is InChI=1S/C17H30N2S/c1-6-10-18-17(9-7-8-13(4)14(17)5)16-19-15(11-20-16)12(2)3/h11-14,18H,6-10H2,1-5H3. The lowest BCUT2D eigenvalue weighted by atomic mass is 9.68. The molecule has 114 valence electrons. The molecule has 3 unspecified atom stereocenters. The van der Waals surface area contributed by atoms with Gasteiger partial charge in [0.1, 0.15) is 5.01 Å². The predicted molar refractivity (Wildman–Crippen MR) is 88.4 cm³/mol. The maximum absolute atomic E-state index is 5.00. The fourth-order valence-corrected chi connectivity index (χ4v) is 4.68. The number of nitrogens with zero attached hydrogens (tertiary/aromatic N) is 1. The van der Waals surface area contributed by atoms with Gasteiger partial charge >= 0.3 is 0 Å². The highest BCUT2D eigenvalue weighted by molar-refractivity contribution is 7.09. The third-order valence-corrected chi connectivity index (χ3v) is 6.09. The zero-order valence-electron chi connectivity index (χ0n) is 13.7. The molecule has 0 aromatic carbocycles. The van der Waals surface area contributed by atoms with Gasteiger partial charge in [-0.15, -0.1) is 11.3 Å². The molecule has 1 aromatic heterocycles. The number of nitrogens with one attached hydrogen (secondary N) is 1. The molecule has 3 atom stereocenters. The molecule has 20 heavy (non-hydrogen) atoms. The molecule has 0 spiro atoms. The van der Waals surface area contributed by atoms with Crippen molar-refractivity contribution in [2.75, 3.05) is 6.54 Å². The Hall–Kier alpha value is -0.410. The summed E-state index contributed by atoms with van der Waals surface area (Å²) < 4.78 is 0. The molecule has 0 saturated heterocycles. The van der Waals surface area contributed by atoms with E-state index in [0.717, 1.165) is 12.5 Å². The molecule has 1 saturated carbocycles. The maximum Gasteiger partial charge on any atom is 0.113 e. The van der Waals surface area contributed by atoms with Gasteiger partial charge in [-0.05, 0) is 37.1 Å². The van der Waals surface area contributed by atoms with Gasteiger partial charge in [0.05, 0.1) is 11.2 Å². The van der Waals surface area contributed by atoms with Gasteiger partial charge in [0.15, 0.2) is 0 Å². The Morgan fingerprint density at radius 3 is 2.80 bits per heavy atom. The SMILES string of the molecule is CCCNC1(c2nc(C(C)C)cs2)CCCC(C)C1C. The molecule has 2 nitrogen and oxygen atoms in total. The van der Waals surface area contributed by atoms with Crippen molar-refractivity contribution < 1.29 is 0 Å². The van der Waals surface area contributed by atoms with Crippen LogP contribution >= 0.6 is 11.3 Å². The van der Waals surface area contributed by atoms with E-state index in [1.807, 2.05) is 11.3 Å². The number of rotatable bonds is 5. The number of hydrogen-bond donors (Lipinski definition) is 1. The van der Waals surface area contributed by atoms with Crippen LogP contribution in [0.1, 0.15) is 76.9 Å². The van der Waals surface area contributed by atoms with Crippen molar-refractivity contribution >= 4 is 11.3 Å². The topological polar surface area (TPSA) is 24.9 Å². The number of aromatic nitrogens is 1. The first kappa shape index (κ1) is 16.0. The predicted octanol–water partition coefficient (Wildman–Crippen LogP) is 4.92. The number of thiazole rings is 1. The Bertz CT molecular complexity index is 426. The lowest BCUT2D eigenvalue weighted by molar-refractivity contribution is 0.103. The summed E-state index contributed by atoms with van der Waals surface area (Å²) in [5.41, 5.74) is 1.37. The minimum Gasteiger partial charge on any atom is -0.305 e. The van der Waals surface area contributed by atoms with Crippen LogP contribution < -0.4 is 5.32 Å². The third-order valence-electron chi connectivity index (χ3n) is 5.05. The quantitative estimate of drug-likeness (QED) is 0.834. The van der Waals surface area contributed by atoms with Crippen LogP contribution in [0.2, 0.25) is 0 Å². The molecule has 1 fully saturated rings. The van der Waals surface area contributed by atoms with E-state index in [9.17, 15) is 0 Å². The molecule has 0 bridgehead atoms. The van der Waals surface area contributed by atoms with E-state index >= 15 is 0 Å². The first-order valence-electron chi connectivity index (χ1n) is 8.22. The fraction of sp³-hybridized carbons (Fsp3) is 0.824. The van der Waals surface area contributed by atoms with Crippen LogP contribution in [0.5, 0.6) is 0 Å². The average molecular weight is 295 g/mol. The van der Waals surface area contributed by atoms with E-state index in [0.29, 0.717) is 11.8 Å². The second-order valence-electron chi connectivity index (χ2n) is 6.79. The maximum atomic E-state index is 5.00. The molecular formula is C17H30N2S. The zero-order chi connectivity index (χ0) is 14.8. The lowest BCUT2D eigenvalue weighted by Crippen LogP contribution is -2.52. The van der Waals surface area contributed by atoms with Gasteiger partial charge in [0, 0.05) is 5.38 Å². The normalized spacial score (nSPS) is 30.9. The molecule has 1 N–H and O–H groups in total. The Morgan fingerprint density at radius 2 is 2.20 bits per heavy atom. The Labute approximate surface area is 128 Å². The minimum atomic E-state index is 0.117. The molecule has 0 radical (unpaired) electrons. The van der Waals surface area contributed by atoms with Crippen molar-refractivity contribution in [3.8, 4) is 0 Å². The largest absolute Gasteiger partial charge is 0.305 e. The van der Waals surface area contributed by atoms with Crippen molar-refractivity contribution in [3.63, 3.8) is 0 Å². The van der Waals surface area contributed by atoms with E-state index in [4.69, 9.17) is 4.98 Å². The van der Waals surface area contributed by atoms with E-state index in [2.05, 4.69) is 45.3 Å². The Morgan fingerprint density at radius 1 is 1.45 bits per heavy atom. The molecule has 3 heteroatoms. The van der Waals surface area contributed by atoms with Gasteiger partial charge in [-0.3, -0.25) is 0 Å². The summed E-state index contributed by atoms with van der Waals surface area (Å²) in [4.78, 5) is 5.00. The third kappa shape index (κ3) is 2.94. The van der Waals surface area contributed by atoms with Crippen molar-refractivity contribution in [2.45, 2.75) is 71.8 Å². The molecule has 0 aliphatic heterocycles. The summed E-state index contributed by atoms with van der Waals surface area (Å²) >= 11 is 1.87. The molecule has 1 aliphatic carbocycles. The highest BCUT2D eigenvalue weighted by Crippen LogP contribution is 2.45. The van der Waals surface area contributed by atoms with Crippen LogP contribution in [0.15, 0.2) is 5.38 Å². The molecule has 1 heterocycles. The number of hydrogen-bond acceptors (Lipinski definition) is 3. The van der Waals surface area contributed by atoms with Crippen LogP contribution in [0, 0.1) is 11.8 Å². The molecule has 1 aromatic rings. The smallest absolute Gasteiger partial charge is 0.113 e. The van der Waals surface area contributed by atoms with E-state index in [1.165, 1.54) is 36.4 Å². The second kappa shape index (κ2) is 6.57. The van der Waals surface area contributed by atoms with Crippen LogP contribution in [0.25, 0.3) is 0 Å². The summed E-state index contributed by atoms with van der Waals surface area (Å²) in [6.45, 7) is 12.6. The minimum absolute atomic E-state index is 0.117. The van der Waals surface area contributed by atoms with Crippen molar-refractivity contribution in [1.29, 1.82) is 0 Å². The highest BCUT2D eigenvalue weighted by atomic mass is 32.1. The van der Waals surface area contributed by atoms with E-state index < -0.39 is 0 Å². The van der Waals surface area contributed by atoms with Crippen molar-refractivity contribution in [1.82, 2.24) is 10.3 Å². The van der Waals surface area contributed by atoms with Crippen LogP contribution in [0.4, 0.5) is 0 Å². The summed E-state index contributed by atoms with van der Waals surface area (Å²) in [6, 6.07) is 0. The van der Waals surface area contributed by atoms with Gasteiger partial charge in [-0.2, -0.15) is 0 Å². The first-order valence-corrected chi connectivity index (χ1v) is 9.10. The zero-order valence-corrected chi connectivity index (χ0v) is 14.5. The summed E-state index contributed by atoms with van der Waals surface area (Å²) in [7, 11) is 0. The van der Waals surface area contributed by atoms with Gasteiger partial charge < -0.3 is 5.32 Å². The van der Waals surface area contributed by atoms with E-state index in [-0.39, 0.29) is 5.54 Å². The molecule has 1 aliphatic rings. The molecule has 2 rings (SSSR count). The fourth-order valence-electron chi connectivity index (χ4n) is 3.40.